The first-order valence-corrected chi connectivity index (χ1v) is 24.8. The van der Waals surface area contributed by atoms with Gasteiger partial charge in [0.05, 0.1) is 0 Å². The van der Waals surface area contributed by atoms with E-state index in [1.165, 1.54) is 0 Å². The van der Waals surface area contributed by atoms with Gasteiger partial charge in [-0.25, -0.2) is 4.79 Å². The predicted octanol–water partition coefficient (Wildman–Crippen LogP) is 18.0. The number of para-hydroxylation sites is 4. The van der Waals surface area contributed by atoms with Crippen molar-refractivity contribution in [2.75, 3.05) is 0 Å². The van der Waals surface area contributed by atoms with Crippen molar-refractivity contribution in [1.82, 2.24) is 0 Å². The van der Waals surface area contributed by atoms with Gasteiger partial charge in [0.2, 0.25) is 0 Å². The van der Waals surface area contributed by atoms with Crippen molar-refractivity contribution in [3.05, 3.63) is 229 Å². The summed E-state index contributed by atoms with van der Waals surface area (Å²) in [5.41, 5.74) is 5.64. The van der Waals surface area contributed by atoms with Crippen molar-refractivity contribution in [1.29, 1.82) is 0 Å². The third-order valence-electron chi connectivity index (χ3n) is 12.1. The van der Waals surface area contributed by atoms with Crippen LogP contribution in [0.5, 0.6) is 23.0 Å². The largest absolute Gasteiger partial charge is 0.457 e. The van der Waals surface area contributed by atoms with Crippen molar-refractivity contribution in [2.45, 2.75) is 13.5 Å². The lowest BCUT2D eigenvalue weighted by atomic mass is 9.90. The molecule has 0 unspecified atom stereocenters. The van der Waals surface area contributed by atoms with Crippen molar-refractivity contribution in [3.8, 4) is 34.1 Å². The Morgan fingerprint density at radius 2 is 0.886 bits per heavy atom. The van der Waals surface area contributed by atoms with Crippen LogP contribution in [0, 0.1) is 6.92 Å². The lowest BCUT2D eigenvalue weighted by molar-refractivity contribution is 0.0471. The number of hydrogen-bond acceptors (Lipinski definition) is 9. The van der Waals surface area contributed by atoms with Gasteiger partial charge in [-0.3, -0.25) is 0 Å². The fraction of sp³-hybridized carbons (Fsp3) is 0.0339. The van der Waals surface area contributed by atoms with E-state index in [1.54, 1.807) is 6.07 Å². The van der Waals surface area contributed by atoms with E-state index in [2.05, 4.69) is 0 Å². The minimum Gasteiger partial charge on any atom is -0.457 e. The summed E-state index contributed by atoms with van der Waals surface area (Å²) in [7, 11) is -4.37. The number of hydrogen-bond donors (Lipinski definition) is 0. The second kappa shape index (κ2) is 18.5. The number of carbonyl (C=O) groups excluding carboxylic acids is 1. The number of fused-ring (bicyclic) bond motifs is 8. The first kappa shape index (κ1) is 42.7. The number of carbonyl (C=O) groups is 1. The Bertz CT molecular complexity index is 3910. The molecular formula is C59H40O9P2. The Hall–Kier alpha value is -8.61. The van der Waals surface area contributed by atoms with Gasteiger partial charge in [-0.2, -0.15) is 0 Å². The van der Waals surface area contributed by atoms with E-state index in [0.29, 0.717) is 45.0 Å². The van der Waals surface area contributed by atoms with Crippen molar-refractivity contribution < 1.29 is 40.1 Å². The molecule has 70 heavy (non-hydrogen) atoms. The molecule has 0 N–H and O–H groups in total. The monoisotopic (exact) mass is 954 g/mol. The van der Waals surface area contributed by atoms with Crippen LogP contribution in [0.3, 0.4) is 0 Å². The van der Waals surface area contributed by atoms with Crippen LogP contribution in [0.1, 0.15) is 21.5 Å². The minimum atomic E-state index is -2.27. The third kappa shape index (κ3) is 8.39. The number of rotatable bonds is 10. The summed E-state index contributed by atoms with van der Waals surface area (Å²) in [5, 5.41) is 6.75. The standard InChI is InChI=1S/C59H40O9P2/c1-38-26-31-42(32-27-38)62-43-33-28-39(29-34-43)37-61-59(60)50-36-41-15-3-5-17-45(41)57(58(50)68-70-65-53-24-12-8-20-48(53)49-21-9-13-25-54(49)66-70)56-44-16-4-2-14-40(44)30-35-55(56)67-69-63-51-22-10-6-18-46(51)47-19-7-11-23-52(47)64-69/h2-36H,37H2,1H3. The summed E-state index contributed by atoms with van der Waals surface area (Å²) in [4.78, 5) is 15.0. The molecule has 12 rings (SSSR count). The molecule has 0 atom stereocenters. The quantitative estimate of drug-likeness (QED) is 0.124. The van der Waals surface area contributed by atoms with Gasteiger partial charge in [0.15, 0.2) is 5.75 Å². The molecular weight excluding hydrogens is 915 g/mol. The molecule has 0 saturated heterocycles. The molecule has 2 heterocycles. The molecule has 0 amide bonds. The van der Waals surface area contributed by atoms with Crippen LogP contribution < -0.4 is 13.8 Å². The van der Waals surface area contributed by atoms with Crippen LogP contribution >= 0.6 is 16.5 Å². The second-order valence-corrected chi connectivity index (χ2v) is 18.6. The predicted molar refractivity (Wildman–Crippen MR) is 278 cm³/mol. The third-order valence-corrected chi connectivity index (χ3v) is 14.1. The molecule has 2 aromatic heterocycles. The smallest absolute Gasteiger partial charge is 0.453 e. The molecule has 11 heteroatoms. The number of ether oxygens (including phenoxy) is 2. The molecule has 340 valence electrons. The zero-order valence-corrected chi connectivity index (χ0v) is 39.3. The molecule has 12 aromatic rings. The van der Waals surface area contributed by atoms with Gasteiger partial charge >= 0.3 is 22.4 Å². The fourth-order valence-corrected chi connectivity index (χ4v) is 10.8. The molecule has 10 aromatic carbocycles. The zero-order chi connectivity index (χ0) is 47.0. The normalized spacial score (nSPS) is 11.3. The van der Waals surface area contributed by atoms with Gasteiger partial charge in [0, 0.05) is 32.7 Å². The summed E-state index contributed by atoms with van der Waals surface area (Å²) >= 11 is 0. The van der Waals surface area contributed by atoms with Crippen LogP contribution in [0.15, 0.2) is 229 Å². The summed E-state index contributed by atoms with van der Waals surface area (Å²) in [5.74, 6) is 1.38. The maximum atomic E-state index is 15.0. The molecule has 0 bridgehead atoms. The van der Waals surface area contributed by atoms with E-state index >= 15 is 0 Å². The number of aryl methyl sites for hydroxylation is 1. The fourth-order valence-electron chi connectivity index (χ4n) is 8.69. The zero-order valence-electron chi connectivity index (χ0n) is 37.5. The molecule has 0 radical (unpaired) electrons. The molecule has 0 aliphatic rings. The average Bonchev–Trinajstić information content (AvgIpc) is 3.66. The molecule has 9 nitrogen and oxygen atoms in total. The summed E-state index contributed by atoms with van der Waals surface area (Å²) in [6.45, 7) is 2.00. The van der Waals surface area contributed by atoms with Crippen LogP contribution in [-0.4, -0.2) is 5.97 Å². The Labute approximate surface area is 402 Å². The van der Waals surface area contributed by atoms with Crippen LogP contribution in [-0.2, 0) is 11.3 Å². The highest BCUT2D eigenvalue weighted by molar-refractivity contribution is 7.32. The van der Waals surface area contributed by atoms with E-state index in [-0.39, 0.29) is 17.9 Å². The van der Waals surface area contributed by atoms with E-state index in [4.69, 9.17) is 35.3 Å². The maximum Gasteiger partial charge on any atom is 0.453 e. The Balaban J connectivity index is 1.05. The molecule has 0 aliphatic heterocycles. The van der Waals surface area contributed by atoms with Crippen molar-refractivity contribution in [2.24, 2.45) is 0 Å². The van der Waals surface area contributed by atoms with Gasteiger partial charge < -0.3 is 35.3 Å². The topological polar surface area (TPSA) is 107 Å². The Kier molecular flexibility index (Phi) is 11.3. The van der Waals surface area contributed by atoms with Gasteiger partial charge in [0.25, 0.3) is 0 Å². The van der Waals surface area contributed by atoms with Crippen LogP contribution in [0.4, 0.5) is 0 Å². The highest BCUT2D eigenvalue weighted by Crippen LogP contribution is 2.52. The van der Waals surface area contributed by atoms with E-state index in [9.17, 15) is 4.79 Å². The van der Waals surface area contributed by atoms with E-state index < -0.39 is 22.4 Å². The molecule has 0 saturated carbocycles. The van der Waals surface area contributed by atoms with Crippen LogP contribution in [0.2, 0.25) is 0 Å². The highest BCUT2D eigenvalue weighted by Gasteiger charge is 2.28. The van der Waals surface area contributed by atoms with Gasteiger partial charge in [-0.05, 0) is 94.7 Å². The van der Waals surface area contributed by atoms with Gasteiger partial charge in [0.1, 0.15) is 51.8 Å². The van der Waals surface area contributed by atoms with E-state index in [0.717, 1.165) is 60.0 Å². The van der Waals surface area contributed by atoms with Crippen molar-refractivity contribution in [3.63, 3.8) is 0 Å². The summed E-state index contributed by atoms with van der Waals surface area (Å²) < 4.78 is 53.0. The molecule has 0 aliphatic carbocycles. The van der Waals surface area contributed by atoms with Crippen molar-refractivity contribution >= 4 is 87.9 Å². The van der Waals surface area contributed by atoms with E-state index in [1.807, 2.05) is 213 Å². The lowest BCUT2D eigenvalue weighted by Gasteiger charge is -2.20. The minimum absolute atomic E-state index is 0.0295. The lowest BCUT2D eigenvalue weighted by Crippen LogP contribution is -2.08. The Morgan fingerprint density at radius 1 is 0.443 bits per heavy atom. The maximum absolute atomic E-state index is 15.0. The van der Waals surface area contributed by atoms with Gasteiger partial charge in [-0.1, -0.05) is 157 Å². The van der Waals surface area contributed by atoms with Gasteiger partial charge in [-0.15, -0.1) is 0 Å². The molecule has 0 spiro atoms. The highest BCUT2D eigenvalue weighted by atomic mass is 31.1. The summed E-state index contributed by atoms with van der Waals surface area (Å²) in [6.07, 6.45) is 0. The first-order valence-electron chi connectivity index (χ1n) is 22.6. The first-order chi connectivity index (χ1) is 34.5. The Morgan fingerprint density at radius 3 is 1.43 bits per heavy atom. The second-order valence-electron chi connectivity index (χ2n) is 16.6. The number of benzene rings is 10. The number of esters is 1. The summed E-state index contributed by atoms with van der Waals surface area (Å²) in [6, 6.07) is 68.0. The molecule has 0 fully saturated rings. The average molecular weight is 955 g/mol. The SMILES string of the molecule is Cc1ccc(Oc2ccc(COC(=O)c3cc4ccccc4c(-c4c(Op5oc6ccccc6c6ccccc6o5)ccc5ccccc45)c3Op3oc4ccccc4c4ccccc4o3)cc2)cc1. The van der Waals surface area contributed by atoms with Crippen LogP contribution in [0.25, 0.3) is 76.5 Å².